The maximum Gasteiger partial charge on any atom is 0.222 e. The van der Waals surface area contributed by atoms with Crippen molar-refractivity contribution < 1.29 is 9.18 Å². The Morgan fingerprint density at radius 1 is 1.24 bits per heavy atom. The number of amides is 1. The van der Waals surface area contributed by atoms with E-state index in [4.69, 9.17) is 0 Å². The molecule has 3 rings (SSSR count). The number of piperidine rings is 1. The summed E-state index contributed by atoms with van der Waals surface area (Å²) < 4.78 is 12.9. The summed E-state index contributed by atoms with van der Waals surface area (Å²) in [5.41, 5.74) is 1.02. The zero-order chi connectivity index (χ0) is 14.8. The van der Waals surface area contributed by atoms with Crippen molar-refractivity contribution in [3.63, 3.8) is 0 Å². The molecule has 3 nitrogen and oxygen atoms in total. The molecule has 0 saturated carbocycles. The fourth-order valence-corrected chi connectivity index (χ4v) is 3.63. The zero-order valence-corrected chi connectivity index (χ0v) is 12.5. The first-order chi connectivity index (χ1) is 10.1. The first kappa shape index (κ1) is 14.5. The Kier molecular flexibility index (Phi) is 4.24. The monoisotopic (exact) mass is 290 g/mol. The van der Waals surface area contributed by atoms with E-state index in [2.05, 4.69) is 5.32 Å². The van der Waals surface area contributed by atoms with E-state index in [0.29, 0.717) is 31.0 Å². The fraction of sp³-hybridized carbons (Fsp3) is 0.588. The van der Waals surface area contributed by atoms with Gasteiger partial charge < -0.3 is 10.2 Å². The lowest BCUT2D eigenvalue weighted by atomic mass is 9.98. The number of hydrogen-bond acceptors (Lipinski definition) is 2. The summed E-state index contributed by atoms with van der Waals surface area (Å²) >= 11 is 0. The maximum absolute atomic E-state index is 12.9. The molecule has 2 aliphatic rings. The highest BCUT2D eigenvalue weighted by Crippen LogP contribution is 2.29. The predicted octanol–water partition coefficient (Wildman–Crippen LogP) is 2.50. The third-order valence-electron chi connectivity index (χ3n) is 4.93. The molecule has 4 heteroatoms. The van der Waals surface area contributed by atoms with Crippen LogP contribution in [0.4, 0.5) is 4.39 Å². The Morgan fingerprint density at radius 3 is 2.48 bits per heavy atom. The molecule has 2 saturated heterocycles. The van der Waals surface area contributed by atoms with Gasteiger partial charge in [-0.25, -0.2) is 4.39 Å². The lowest BCUT2D eigenvalue weighted by Gasteiger charge is -2.35. The fourth-order valence-electron chi connectivity index (χ4n) is 3.63. The molecule has 2 heterocycles. The third kappa shape index (κ3) is 3.43. The molecule has 2 bridgehead atoms. The molecule has 2 atom stereocenters. The van der Waals surface area contributed by atoms with Crippen molar-refractivity contribution >= 4 is 5.91 Å². The second-order valence-corrected chi connectivity index (χ2v) is 6.39. The summed E-state index contributed by atoms with van der Waals surface area (Å²) in [6, 6.07) is 8.00. The number of halogens is 1. The van der Waals surface area contributed by atoms with Gasteiger partial charge in [0.2, 0.25) is 5.91 Å². The Balaban J connectivity index is 1.51. The van der Waals surface area contributed by atoms with Gasteiger partial charge in [-0.05, 0) is 49.8 Å². The Hall–Kier alpha value is -1.42. The highest BCUT2D eigenvalue weighted by atomic mass is 19.1. The number of rotatable bonds is 4. The number of carbonyl (C=O) groups is 1. The summed E-state index contributed by atoms with van der Waals surface area (Å²) in [6.45, 7) is 0. The van der Waals surface area contributed by atoms with E-state index < -0.39 is 0 Å². The molecular formula is C17H23FN2O. The van der Waals surface area contributed by atoms with E-state index in [-0.39, 0.29) is 11.7 Å². The van der Waals surface area contributed by atoms with Gasteiger partial charge in [0.15, 0.2) is 0 Å². The number of fused-ring (bicyclic) bond motifs is 2. The summed E-state index contributed by atoms with van der Waals surface area (Å²) in [5.74, 6) is -0.0296. The lowest BCUT2D eigenvalue weighted by molar-refractivity contribution is -0.132. The normalized spacial score (nSPS) is 27.6. The van der Waals surface area contributed by atoms with Gasteiger partial charge in [-0.3, -0.25) is 4.79 Å². The summed E-state index contributed by atoms with van der Waals surface area (Å²) in [7, 11) is 1.93. The second kappa shape index (κ2) is 6.14. The van der Waals surface area contributed by atoms with E-state index in [1.54, 1.807) is 12.1 Å². The van der Waals surface area contributed by atoms with Gasteiger partial charge >= 0.3 is 0 Å². The predicted molar refractivity (Wildman–Crippen MR) is 80.5 cm³/mol. The molecule has 1 aromatic rings. The number of nitrogens with zero attached hydrogens (tertiary/aromatic N) is 1. The highest BCUT2D eigenvalue weighted by Gasteiger charge is 2.36. The Morgan fingerprint density at radius 2 is 1.86 bits per heavy atom. The number of hydrogen-bond donors (Lipinski definition) is 1. The summed E-state index contributed by atoms with van der Waals surface area (Å²) in [4.78, 5) is 14.3. The van der Waals surface area contributed by atoms with Gasteiger partial charge in [0, 0.05) is 31.6 Å². The van der Waals surface area contributed by atoms with Gasteiger partial charge in [0.05, 0.1) is 0 Å². The quantitative estimate of drug-likeness (QED) is 0.924. The van der Waals surface area contributed by atoms with Crippen molar-refractivity contribution in [1.29, 1.82) is 0 Å². The third-order valence-corrected chi connectivity index (χ3v) is 4.93. The molecule has 1 amide bonds. The first-order valence-electron chi connectivity index (χ1n) is 7.88. The average molecular weight is 290 g/mol. The molecule has 0 spiro atoms. The minimum Gasteiger partial charge on any atom is -0.343 e. The van der Waals surface area contributed by atoms with E-state index in [1.807, 2.05) is 11.9 Å². The van der Waals surface area contributed by atoms with Crippen LogP contribution in [0.5, 0.6) is 0 Å². The molecule has 1 N–H and O–H groups in total. The number of aryl methyl sites for hydroxylation is 1. The van der Waals surface area contributed by atoms with Crippen LogP contribution in [-0.2, 0) is 11.2 Å². The van der Waals surface area contributed by atoms with Crippen molar-refractivity contribution in [3.8, 4) is 0 Å². The van der Waals surface area contributed by atoms with Crippen LogP contribution < -0.4 is 5.32 Å². The second-order valence-electron chi connectivity index (χ2n) is 6.39. The summed E-state index contributed by atoms with van der Waals surface area (Å²) in [5, 5.41) is 3.60. The molecule has 0 radical (unpaired) electrons. The lowest BCUT2D eigenvalue weighted by Crippen LogP contribution is -2.48. The van der Waals surface area contributed by atoms with E-state index in [0.717, 1.165) is 18.4 Å². The van der Waals surface area contributed by atoms with E-state index in [9.17, 15) is 9.18 Å². The molecule has 2 unspecified atom stereocenters. The SMILES string of the molecule is CN(C(=O)CCc1ccc(F)cc1)C1CC2CCC(C1)N2. The van der Waals surface area contributed by atoms with Crippen LogP contribution in [0.2, 0.25) is 0 Å². The Labute approximate surface area is 125 Å². The number of carbonyl (C=O) groups excluding carboxylic acids is 1. The van der Waals surface area contributed by atoms with Crippen LogP contribution in [0.3, 0.4) is 0 Å². The van der Waals surface area contributed by atoms with Crippen LogP contribution in [0.25, 0.3) is 0 Å². The van der Waals surface area contributed by atoms with Crippen molar-refractivity contribution in [1.82, 2.24) is 10.2 Å². The molecule has 2 aliphatic heterocycles. The van der Waals surface area contributed by atoms with Gasteiger partial charge in [-0.2, -0.15) is 0 Å². The largest absolute Gasteiger partial charge is 0.343 e. The molecular weight excluding hydrogens is 267 g/mol. The molecule has 114 valence electrons. The van der Waals surface area contributed by atoms with E-state index in [1.165, 1.54) is 25.0 Å². The van der Waals surface area contributed by atoms with Gasteiger partial charge in [0.1, 0.15) is 5.82 Å². The minimum atomic E-state index is -0.229. The van der Waals surface area contributed by atoms with Gasteiger partial charge in [-0.15, -0.1) is 0 Å². The zero-order valence-electron chi connectivity index (χ0n) is 12.5. The van der Waals surface area contributed by atoms with Crippen LogP contribution in [-0.4, -0.2) is 36.0 Å². The highest BCUT2D eigenvalue weighted by molar-refractivity contribution is 5.76. The van der Waals surface area contributed by atoms with E-state index >= 15 is 0 Å². The molecule has 2 fully saturated rings. The molecule has 1 aromatic carbocycles. The van der Waals surface area contributed by atoms with Gasteiger partial charge in [0.25, 0.3) is 0 Å². The Bertz CT molecular complexity index is 490. The number of benzene rings is 1. The summed E-state index contributed by atoms with van der Waals surface area (Å²) in [6.07, 6.45) is 5.84. The van der Waals surface area contributed by atoms with Crippen molar-refractivity contribution in [2.45, 2.75) is 56.7 Å². The molecule has 0 aliphatic carbocycles. The molecule has 21 heavy (non-hydrogen) atoms. The van der Waals surface area contributed by atoms with Gasteiger partial charge in [-0.1, -0.05) is 12.1 Å². The van der Waals surface area contributed by atoms with Crippen LogP contribution in [0.1, 0.15) is 37.7 Å². The van der Waals surface area contributed by atoms with Crippen LogP contribution in [0, 0.1) is 5.82 Å². The van der Waals surface area contributed by atoms with Crippen LogP contribution in [0.15, 0.2) is 24.3 Å². The maximum atomic E-state index is 12.9. The topological polar surface area (TPSA) is 32.3 Å². The van der Waals surface area contributed by atoms with Crippen molar-refractivity contribution in [3.05, 3.63) is 35.6 Å². The van der Waals surface area contributed by atoms with Crippen molar-refractivity contribution in [2.75, 3.05) is 7.05 Å². The molecule has 0 aromatic heterocycles. The number of nitrogens with one attached hydrogen (secondary N) is 1. The minimum absolute atomic E-state index is 0.200. The smallest absolute Gasteiger partial charge is 0.222 e. The van der Waals surface area contributed by atoms with Crippen LogP contribution >= 0.6 is 0 Å². The van der Waals surface area contributed by atoms with Crippen molar-refractivity contribution in [2.24, 2.45) is 0 Å². The standard InChI is InChI=1S/C17H23FN2O/c1-20(16-10-14-7-8-15(11-16)19-14)17(21)9-4-12-2-5-13(18)6-3-12/h2-3,5-6,14-16,19H,4,7-11H2,1H3. The first-order valence-corrected chi connectivity index (χ1v) is 7.88. The average Bonchev–Trinajstić information content (AvgIpc) is 2.84.